The molecular weight excluding hydrogens is 262 g/mol. The summed E-state index contributed by atoms with van der Waals surface area (Å²) in [6, 6.07) is 6.84. The lowest BCUT2D eigenvalue weighted by atomic mass is 10.2. The molecule has 0 radical (unpaired) electrons. The molecule has 0 atom stereocenters. The van der Waals surface area contributed by atoms with E-state index >= 15 is 0 Å². The third-order valence-electron chi connectivity index (χ3n) is 2.56. The van der Waals surface area contributed by atoms with Crippen molar-refractivity contribution in [2.75, 3.05) is 0 Å². The first-order valence-corrected chi connectivity index (χ1v) is 7.33. The summed E-state index contributed by atoms with van der Waals surface area (Å²) in [5, 5.41) is 0.357. The fourth-order valence-corrected chi connectivity index (χ4v) is 2.67. The Hall–Kier alpha value is -1.33. The number of para-hydroxylation sites is 1. The quantitative estimate of drug-likeness (QED) is 0.785. The average molecular weight is 272 g/mol. The molecule has 0 aliphatic rings. The van der Waals surface area contributed by atoms with Crippen LogP contribution in [0.4, 0.5) is 0 Å². The maximum absolute atomic E-state index is 12.0. The summed E-state index contributed by atoms with van der Waals surface area (Å²) in [6.07, 6.45) is 1.28. The number of benzene rings is 1. The van der Waals surface area contributed by atoms with E-state index in [0.717, 1.165) is 0 Å². The number of aryl methyl sites for hydroxylation is 1. The average Bonchev–Trinajstić information content (AvgIpc) is 2.28. The van der Waals surface area contributed by atoms with Gasteiger partial charge in [0.25, 0.3) is 9.05 Å². The van der Waals surface area contributed by atoms with Crippen molar-refractivity contribution in [3.05, 3.63) is 40.7 Å². The fraction of sp³-hybridized carbons (Fsp3) is 0.182. The highest BCUT2D eigenvalue weighted by Crippen LogP contribution is 2.16. The molecule has 1 heterocycles. The van der Waals surface area contributed by atoms with Crippen LogP contribution in [0.3, 0.4) is 0 Å². The molecule has 0 fully saturated rings. The largest absolute Gasteiger partial charge is 0.346 e. The minimum Gasteiger partial charge on any atom is -0.346 e. The molecule has 4 nitrogen and oxygen atoms in total. The van der Waals surface area contributed by atoms with Crippen LogP contribution in [0.15, 0.2) is 40.2 Å². The molecule has 2 rings (SSSR count). The Morgan fingerprint density at radius 2 is 1.94 bits per heavy atom. The van der Waals surface area contributed by atoms with E-state index in [1.807, 2.05) is 6.92 Å². The predicted molar refractivity (Wildman–Crippen MR) is 66.9 cm³/mol. The van der Waals surface area contributed by atoms with Crippen molar-refractivity contribution in [1.82, 2.24) is 4.57 Å². The van der Waals surface area contributed by atoms with E-state index in [9.17, 15) is 13.2 Å². The zero-order chi connectivity index (χ0) is 12.6. The summed E-state index contributed by atoms with van der Waals surface area (Å²) >= 11 is 0. The number of pyridine rings is 1. The topological polar surface area (TPSA) is 56.1 Å². The maximum atomic E-state index is 12.0. The van der Waals surface area contributed by atoms with Crippen LogP contribution in [0.1, 0.15) is 6.92 Å². The SMILES string of the molecule is CCn1cc(S(=O)(=O)Cl)c(=O)c2ccccc21. The Labute approximate surface area is 103 Å². The Bertz CT molecular complexity index is 734. The van der Waals surface area contributed by atoms with E-state index in [0.29, 0.717) is 17.4 Å². The first kappa shape index (κ1) is 12.1. The molecule has 0 aliphatic heterocycles. The van der Waals surface area contributed by atoms with Crippen LogP contribution < -0.4 is 5.43 Å². The third kappa shape index (κ3) is 2.08. The van der Waals surface area contributed by atoms with Crippen molar-refractivity contribution >= 4 is 30.6 Å². The molecule has 17 heavy (non-hydrogen) atoms. The molecule has 1 aromatic carbocycles. The molecule has 0 unspecified atom stereocenters. The van der Waals surface area contributed by atoms with Gasteiger partial charge in [-0.2, -0.15) is 0 Å². The first-order valence-electron chi connectivity index (χ1n) is 5.02. The molecule has 1 aromatic heterocycles. The van der Waals surface area contributed by atoms with Crippen molar-refractivity contribution in [3.8, 4) is 0 Å². The Balaban J connectivity index is 3.01. The van der Waals surface area contributed by atoms with Crippen LogP contribution >= 0.6 is 10.7 Å². The van der Waals surface area contributed by atoms with Gasteiger partial charge >= 0.3 is 0 Å². The van der Waals surface area contributed by atoms with Crippen LogP contribution in [-0.2, 0) is 15.6 Å². The zero-order valence-electron chi connectivity index (χ0n) is 9.05. The van der Waals surface area contributed by atoms with Gasteiger partial charge in [0.05, 0.1) is 5.52 Å². The molecule has 0 saturated heterocycles. The molecule has 6 heteroatoms. The fourth-order valence-electron chi connectivity index (χ4n) is 1.75. The minimum absolute atomic E-state index is 0.357. The molecule has 0 bridgehead atoms. The second kappa shape index (κ2) is 4.16. The van der Waals surface area contributed by atoms with Crippen LogP contribution in [0.25, 0.3) is 10.9 Å². The summed E-state index contributed by atoms with van der Waals surface area (Å²) in [7, 11) is 1.23. The number of nitrogens with zero attached hydrogens (tertiary/aromatic N) is 1. The highest BCUT2D eigenvalue weighted by atomic mass is 35.7. The molecular formula is C11H10ClNO3S. The molecule has 0 spiro atoms. The number of rotatable bonds is 2. The number of fused-ring (bicyclic) bond motifs is 1. The summed E-state index contributed by atoms with van der Waals surface area (Å²) in [5.74, 6) is 0. The van der Waals surface area contributed by atoms with Gasteiger partial charge in [0, 0.05) is 28.8 Å². The van der Waals surface area contributed by atoms with Crippen molar-refractivity contribution in [2.24, 2.45) is 0 Å². The number of halogens is 1. The van der Waals surface area contributed by atoms with Crippen LogP contribution in [0.2, 0.25) is 0 Å². The molecule has 0 amide bonds. The monoisotopic (exact) mass is 271 g/mol. The highest BCUT2D eigenvalue weighted by molar-refractivity contribution is 8.13. The molecule has 90 valence electrons. The minimum atomic E-state index is -4.02. The summed E-state index contributed by atoms with van der Waals surface area (Å²) in [5.41, 5.74) is 0.143. The van der Waals surface area contributed by atoms with Gasteiger partial charge in [0.2, 0.25) is 5.43 Å². The number of hydrogen-bond donors (Lipinski definition) is 0. The molecule has 0 N–H and O–H groups in total. The van der Waals surface area contributed by atoms with Crippen LogP contribution in [0.5, 0.6) is 0 Å². The van der Waals surface area contributed by atoms with Crippen molar-refractivity contribution in [1.29, 1.82) is 0 Å². The summed E-state index contributed by atoms with van der Waals surface area (Å²) in [4.78, 5) is 11.6. The van der Waals surface area contributed by atoms with Gasteiger partial charge < -0.3 is 4.57 Å². The van der Waals surface area contributed by atoms with Gasteiger partial charge in [0.15, 0.2) is 0 Å². The van der Waals surface area contributed by atoms with Crippen molar-refractivity contribution in [2.45, 2.75) is 18.4 Å². The lowest BCUT2D eigenvalue weighted by molar-refractivity contribution is 0.607. The molecule has 0 saturated carbocycles. The second-order valence-corrected chi connectivity index (χ2v) is 6.10. The molecule has 2 aromatic rings. The normalized spacial score (nSPS) is 11.9. The van der Waals surface area contributed by atoms with Gasteiger partial charge in [-0.25, -0.2) is 8.42 Å². The summed E-state index contributed by atoms with van der Waals surface area (Å²) < 4.78 is 24.3. The number of hydrogen-bond acceptors (Lipinski definition) is 3. The second-order valence-electron chi connectivity index (χ2n) is 3.56. The lowest BCUT2D eigenvalue weighted by Gasteiger charge is -2.09. The Morgan fingerprint density at radius 1 is 1.29 bits per heavy atom. The first-order chi connectivity index (χ1) is 7.95. The van der Waals surface area contributed by atoms with Crippen molar-refractivity contribution < 1.29 is 8.42 Å². The van der Waals surface area contributed by atoms with E-state index in [4.69, 9.17) is 10.7 Å². The Morgan fingerprint density at radius 3 is 2.53 bits per heavy atom. The predicted octanol–water partition coefficient (Wildman–Crippen LogP) is 1.95. The van der Waals surface area contributed by atoms with Crippen LogP contribution in [0, 0.1) is 0 Å². The lowest BCUT2D eigenvalue weighted by Crippen LogP contribution is -2.15. The molecule has 0 aliphatic carbocycles. The van der Waals surface area contributed by atoms with Gasteiger partial charge in [-0.3, -0.25) is 4.79 Å². The van der Waals surface area contributed by atoms with E-state index in [-0.39, 0.29) is 4.90 Å². The van der Waals surface area contributed by atoms with E-state index in [1.165, 1.54) is 6.20 Å². The van der Waals surface area contributed by atoms with E-state index < -0.39 is 14.5 Å². The van der Waals surface area contributed by atoms with Crippen LogP contribution in [-0.4, -0.2) is 13.0 Å². The highest BCUT2D eigenvalue weighted by Gasteiger charge is 2.18. The van der Waals surface area contributed by atoms with Gasteiger partial charge in [-0.15, -0.1) is 0 Å². The number of aromatic nitrogens is 1. The zero-order valence-corrected chi connectivity index (χ0v) is 10.6. The third-order valence-corrected chi connectivity index (χ3v) is 3.87. The van der Waals surface area contributed by atoms with Gasteiger partial charge in [-0.1, -0.05) is 12.1 Å². The van der Waals surface area contributed by atoms with Gasteiger partial charge in [-0.05, 0) is 19.1 Å². The summed E-state index contributed by atoms with van der Waals surface area (Å²) in [6.45, 7) is 2.42. The maximum Gasteiger partial charge on any atom is 0.266 e. The van der Waals surface area contributed by atoms with E-state index in [1.54, 1.807) is 28.8 Å². The van der Waals surface area contributed by atoms with Gasteiger partial charge in [0.1, 0.15) is 4.90 Å². The van der Waals surface area contributed by atoms with Crippen molar-refractivity contribution in [3.63, 3.8) is 0 Å². The standard InChI is InChI=1S/C11H10ClNO3S/c1-2-13-7-10(17(12,15)16)11(14)8-5-3-4-6-9(8)13/h3-7H,2H2,1H3. The Kier molecular flexibility index (Phi) is 2.97. The van der Waals surface area contributed by atoms with E-state index in [2.05, 4.69) is 0 Å². The smallest absolute Gasteiger partial charge is 0.266 e.